The number of hydrogen-bond donors (Lipinski definition) is 1. The van der Waals surface area contributed by atoms with Crippen LogP contribution in [-0.2, 0) is 32.0 Å². The lowest BCUT2D eigenvalue weighted by atomic mass is 9.95. The molecule has 5 aromatic rings. The van der Waals surface area contributed by atoms with Crippen molar-refractivity contribution in [3.63, 3.8) is 0 Å². The molecule has 1 saturated carbocycles. The predicted molar refractivity (Wildman–Crippen MR) is 301 cm³/mol. The van der Waals surface area contributed by atoms with Gasteiger partial charge in [-0.3, -0.25) is 29.6 Å². The van der Waals surface area contributed by atoms with Crippen molar-refractivity contribution in [3.8, 4) is 23.0 Å². The molecule has 3 unspecified atom stereocenters. The number of amides is 4. The molecule has 0 radical (unpaired) electrons. The largest absolute Gasteiger partial charge is 0.468 e. The lowest BCUT2D eigenvalue weighted by Gasteiger charge is -2.44. The van der Waals surface area contributed by atoms with Crippen LogP contribution in [0.15, 0.2) is 54.7 Å². The van der Waals surface area contributed by atoms with Crippen LogP contribution in [0, 0.1) is 11.2 Å². The van der Waals surface area contributed by atoms with Crippen molar-refractivity contribution in [2.45, 2.75) is 141 Å². The van der Waals surface area contributed by atoms with Crippen molar-refractivity contribution in [2.75, 3.05) is 83.2 Å². The first kappa shape index (κ1) is 53.9. The van der Waals surface area contributed by atoms with E-state index in [4.69, 9.17) is 33.9 Å². The molecule has 0 spiro atoms. The normalized spacial score (nSPS) is 22.6. The molecule has 1 N–H and O–H groups in total. The number of hydrogen-bond acceptors (Lipinski definition) is 15. The number of aryl methyl sites for hydroxylation is 1. The van der Waals surface area contributed by atoms with Crippen LogP contribution in [0.4, 0.5) is 20.7 Å². The zero-order valence-corrected chi connectivity index (χ0v) is 47.1. The van der Waals surface area contributed by atoms with E-state index in [1.807, 2.05) is 62.1 Å². The van der Waals surface area contributed by atoms with Crippen molar-refractivity contribution in [1.82, 2.24) is 39.9 Å². The number of anilines is 2. The fourth-order valence-corrected chi connectivity index (χ4v) is 13.7. The minimum atomic E-state index is -0.623. The number of nitrogens with one attached hydrogen (secondary N) is 1. The van der Waals surface area contributed by atoms with E-state index < -0.39 is 23.4 Å². The summed E-state index contributed by atoms with van der Waals surface area (Å²) in [6, 6.07) is 16.2. The fourth-order valence-electron chi connectivity index (χ4n) is 13.7. The Morgan fingerprint density at radius 3 is 2.30 bits per heavy atom. The summed E-state index contributed by atoms with van der Waals surface area (Å²) < 4.78 is 41.5. The molecular weight excluding hydrogens is 1020 g/mol. The van der Waals surface area contributed by atoms with Gasteiger partial charge in [0.2, 0.25) is 11.8 Å². The number of methoxy groups -OCH3 is 1. The summed E-state index contributed by atoms with van der Waals surface area (Å²) in [5.41, 5.74) is 3.94. The highest BCUT2D eigenvalue weighted by atomic mass is 19.1. The summed E-state index contributed by atoms with van der Waals surface area (Å²) in [6.45, 7) is 14.3. The number of carbonyl (C=O) groups is 4. The third-order valence-corrected chi connectivity index (χ3v) is 18.1. The number of ether oxygens (including phenoxy) is 4. The molecule has 19 heteroatoms. The Labute approximate surface area is 467 Å². The summed E-state index contributed by atoms with van der Waals surface area (Å²) >= 11 is 0. The highest BCUT2D eigenvalue weighted by molar-refractivity contribution is 6.06. The van der Waals surface area contributed by atoms with Crippen LogP contribution in [0.25, 0.3) is 32.9 Å². The van der Waals surface area contributed by atoms with Gasteiger partial charge >= 0.3 is 12.1 Å². The van der Waals surface area contributed by atoms with Gasteiger partial charge in [0.1, 0.15) is 34.4 Å². The van der Waals surface area contributed by atoms with Gasteiger partial charge in [-0.1, -0.05) is 25.1 Å². The molecule has 18 nitrogen and oxygen atoms in total. The molecule has 6 fully saturated rings. The predicted octanol–water partition coefficient (Wildman–Crippen LogP) is 8.10. The van der Waals surface area contributed by atoms with Crippen LogP contribution >= 0.6 is 0 Å². The van der Waals surface area contributed by atoms with Crippen LogP contribution in [0.3, 0.4) is 0 Å². The maximum absolute atomic E-state index is 17.7. The topological polar surface area (TPSA) is 175 Å². The maximum atomic E-state index is 17.7. The summed E-state index contributed by atoms with van der Waals surface area (Å²) in [7, 11) is 3.86. The van der Waals surface area contributed by atoms with E-state index in [0.717, 1.165) is 118 Å². The second-order valence-corrected chi connectivity index (χ2v) is 24.5. The van der Waals surface area contributed by atoms with Crippen LogP contribution in [-0.4, -0.2) is 168 Å². The second kappa shape index (κ2) is 21.6. The lowest BCUT2D eigenvalue weighted by molar-refractivity contribution is -0.136. The second-order valence-electron chi connectivity index (χ2n) is 24.5. The third-order valence-electron chi connectivity index (χ3n) is 18.1. The molecular formula is C61H75FN10O8. The van der Waals surface area contributed by atoms with Gasteiger partial charge in [-0.2, -0.15) is 9.97 Å². The number of fused-ring (bicyclic) bond motifs is 5. The van der Waals surface area contributed by atoms with Gasteiger partial charge < -0.3 is 43.4 Å². The third kappa shape index (κ3) is 10.6. The van der Waals surface area contributed by atoms with Gasteiger partial charge in [0, 0.05) is 93.3 Å². The molecule has 80 heavy (non-hydrogen) atoms. The number of pyridine rings is 1. The standard InChI is InChI=1S/C61H75FN10O8/c1-7-37-9-8-10-38-28-45(79-36-77-6)29-47(51(37)38)53-52(62)54-48(30-63-53)55(70-32-43-11-12-44(33-70)72(43)59(76)80-60(2,3)4)66-58(65-54)78-35-61(21-22-61)34-68-23-17-40(18-24-68)67(5)41-19-25-69(26-20-41)42-13-14-46-39(27-42)31-71(57(46)75)49-15-16-50(73)64-56(49)74/h8-10,13-14,27-30,40-41,43-44,49H,7,11-12,15-26,31-36H2,1-6H3,(H,64,73,74). The average Bonchev–Trinajstić information content (AvgIpc) is 4.09. The molecule has 3 atom stereocenters. The van der Waals surface area contributed by atoms with E-state index in [1.54, 1.807) is 18.2 Å². The summed E-state index contributed by atoms with van der Waals surface area (Å²) in [4.78, 5) is 79.4. The van der Waals surface area contributed by atoms with Gasteiger partial charge in [0.25, 0.3) is 5.91 Å². The van der Waals surface area contributed by atoms with E-state index in [2.05, 4.69) is 51.0 Å². The Morgan fingerprint density at radius 2 is 1.61 bits per heavy atom. The van der Waals surface area contributed by atoms with Crippen LogP contribution in [0.2, 0.25) is 0 Å². The molecule has 7 aliphatic rings. The molecule has 6 aliphatic heterocycles. The van der Waals surface area contributed by atoms with Crippen LogP contribution in [0.5, 0.6) is 11.8 Å². The minimum absolute atomic E-state index is 0.0362. The molecule has 3 aromatic carbocycles. The number of carbonyl (C=O) groups excluding carboxylic acids is 4. The van der Waals surface area contributed by atoms with Crippen molar-refractivity contribution in [1.29, 1.82) is 0 Å². The number of halogens is 1. The molecule has 8 heterocycles. The summed E-state index contributed by atoms with van der Waals surface area (Å²) in [5, 5.41) is 4.68. The van der Waals surface area contributed by atoms with Gasteiger partial charge in [-0.25, -0.2) is 9.18 Å². The molecule has 424 valence electrons. The highest BCUT2D eigenvalue weighted by Crippen LogP contribution is 2.48. The Morgan fingerprint density at radius 1 is 0.875 bits per heavy atom. The smallest absolute Gasteiger partial charge is 0.410 e. The monoisotopic (exact) mass is 1090 g/mol. The Hall–Kier alpha value is -6.70. The first-order valence-electron chi connectivity index (χ1n) is 29.0. The zero-order valence-electron chi connectivity index (χ0n) is 47.1. The number of likely N-dealkylation sites (tertiary alicyclic amines) is 1. The summed E-state index contributed by atoms with van der Waals surface area (Å²) in [5.74, 6) is -0.308. The van der Waals surface area contributed by atoms with Crippen molar-refractivity contribution in [2.24, 2.45) is 5.41 Å². The van der Waals surface area contributed by atoms with Crippen molar-refractivity contribution >= 4 is 57.0 Å². The van der Waals surface area contributed by atoms with Crippen LogP contribution in [0.1, 0.15) is 113 Å². The van der Waals surface area contributed by atoms with E-state index in [1.165, 1.54) is 0 Å². The molecule has 4 amide bonds. The first-order valence-corrected chi connectivity index (χ1v) is 29.0. The van der Waals surface area contributed by atoms with E-state index in [0.29, 0.717) is 72.8 Å². The molecule has 5 saturated heterocycles. The van der Waals surface area contributed by atoms with Gasteiger partial charge in [0.15, 0.2) is 12.6 Å². The number of nitrogens with zero attached hydrogens (tertiary/aromatic N) is 9. The van der Waals surface area contributed by atoms with Gasteiger partial charge in [-0.15, -0.1) is 0 Å². The maximum Gasteiger partial charge on any atom is 0.410 e. The van der Waals surface area contributed by atoms with Gasteiger partial charge in [-0.05, 0) is 157 Å². The molecule has 2 aromatic heterocycles. The first-order chi connectivity index (χ1) is 38.6. The lowest BCUT2D eigenvalue weighted by Crippen LogP contribution is -2.57. The Balaban J connectivity index is 0.718. The van der Waals surface area contributed by atoms with E-state index in [-0.39, 0.29) is 65.8 Å². The quantitative estimate of drug-likeness (QED) is 0.0786. The minimum Gasteiger partial charge on any atom is -0.468 e. The number of piperidine rings is 3. The average molecular weight is 1100 g/mol. The molecule has 12 rings (SSSR count). The Bertz CT molecular complexity index is 3210. The van der Waals surface area contributed by atoms with Crippen molar-refractivity contribution < 1.29 is 42.5 Å². The van der Waals surface area contributed by atoms with E-state index >= 15 is 4.39 Å². The van der Waals surface area contributed by atoms with Crippen molar-refractivity contribution in [3.05, 3.63) is 77.2 Å². The Kier molecular flexibility index (Phi) is 14.6. The zero-order chi connectivity index (χ0) is 55.6. The molecule has 1 aliphatic carbocycles. The number of benzene rings is 3. The van der Waals surface area contributed by atoms with E-state index in [9.17, 15) is 19.2 Å². The number of imide groups is 1. The SMILES string of the molecule is CCc1cccc2cc(OCOC)cc(-c3ncc4c(N5CC6CCC(C5)N6C(=O)OC(C)(C)C)nc(OCC5(CN6CCC(N(C)C7CCN(c8ccc9c(c8)CN(C8CCC(=O)NC8=O)C9=O)CC7)CC6)CC5)nc4c3F)c12. The fraction of sp³-hybridized carbons (Fsp3) is 0.557. The van der Waals surface area contributed by atoms with Gasteiger partial charge in [0.05, 0.1) is 24.1 Å². The summed E-state index contributed by atoms with van der Waals surface area (Å²) in [6.07, 6.45) is 10.7. The highest BCUT2D eigenvalue weighted by Gasteiger charge is 2.48. The number of rotatable bonds is 15. The number of aromatic nitrogens is 3. The number of piperazine rings is 1. The van der Waals surface area contributed by atoms with Crippen LogP contribution < -0.4 is 24.6 Å². The molecule has 2 bridgehead atoms.